The molecule has 2 aromatic rings. The van der Waals surface area contributed by atoms with Crippen molar-refractivity contribution in [2.24, 2.45) is 10.7 Å². The summed E-state index contributed by atoms with van der Waals surface area (Å²) in [5, 5.41) is 3.17. The molecule has 4 rings (SSSR count). The van der Waals surface area contributed by atoms with Gasteiger partial charge >= 0.3 is 0 Å². The lowest BCUT2D eigenvalue weighted by atomic mass is 9.83. The smallest absolute Gasteiger partial charge is 0.193 e. The molecule has 0 amide bonds. The first-order chi connectivity index (χ1) is 13.7. The van der Waals surface area contributed by atoms with Gasteiger partial charge in [-0.05, 0) is 54.7 Å². The molecule has 0 radical (unpaired) electrons. The zero-order valence-corrected chi connectivity index (χ0v) is 16.2. The molecule has 148 valence electrons. The molecule has 2 aliphatic rings. The van der Waals surface area contributed by atoms with Crippen LogP contribution < -0.4 is 25.3 Å². The summed E-state index contributed by atoms with van der Waals surface area (Å²) in [4.78, 5) is 4.60. The normalized spacial score (nSPS) is 18.8. The first kappa shape index (κ1) is 18.5. The highest BCUT2D eigenvalue weighted by Gasteiger charge is 2.20. The highest BCUT2D eigenvalue weighted by molar-refractivity contribution is 5.92. The minimum atomic E-state index is 0.388. The molecule has 0 saturated carbocycles. The van der Waals surface area contributed by atoms with E-state index in [0.717, 1.165) is 48.6 Å². The van der Waals surface area contributed by atoms with Crippen molar-refractivity contribution in [3.63, 3.8) is 0 Å². The lowest BCUT2D eigenvalue weighted by molar-refractivity contribution is 0.297. The highest BCUT2D eigenvalue weighted by Crippen LogP contribution is 2.34. The number of methoxy groups -OCH3 is 1. The Bertz CT molecular complexity index is 866. The van der Waals surface area contributed by atoms with E-state index in [1.54, 1.807) is 7.11 Å². The average molecular weight is 381 g/mol. The standard InChI is InChI=1S/C22H27N3O3/c1-26-18-7-8-19-15(12-18)4-2-5-16(19)14-24-22(23)25-17-6-9-20-21(13-17)28-11-3-10-27-20/h6-9,12-13,16H,2-5,10-11,14H2,1H3,(H3,23,24,25). The van der Waals surface area contributed by atoms with Crippen LogP contribution in [0.4, 0.5) is 5.69 Å². The summed E-state index contributed by atoms with van der Waals surface area (Å²) < 4.78 is 16.7. The van der Waals surface area contributed by atoms with Crippen molar-refractivity contribution < 1.29 is 14.2 Å². The Labute approximate surface area is 165 Å². The number of nitrogens with two attached hydrogens (primary N) is 1. The van der Waals surface area contributed by atoms with E-state index < -0.39 is 0 Å². The minimum absolute atomic E-state index is 0.388. The third-order valence-corrected chi connectivity index (χ3v) is 5.29. The molecule has 28 heavy (non-hydrogen) atoms. The molecule has 0 saturated heterocycles. The maximum absolute atomic E-state index is 6.14. The Morgan fingerprint density at radius 1 is 1.14 bits per heavy atom. The Morgan fingerprint density at radius 3 is 2.86 bits per heavy atom. The van der Waals surface area contributed by atoms with Crippen molar-refractivity contribution in [3.8, 4) is 17.2 Å². The number of hydrogen-bond acceptors (Lipinski definition) is 4. The Balaban J connectivity index is 1.42. The van der Waals surface area contributed by atoms with Crippen LogP contribution in [0.1, 0.15) is 36.3 Å². The molecule has 1 unspecified atom stereocenters. The van der Waals surface area contributed by atoms with Crippen LogP contribution in [0, 0.1) is 0 Å². The molecular formula is C22H27N3O3. The summed E-state index contributed by atoms with van der Waals surface area (Å²) in [6.45, 7) is 2.01. The molecule has 0 spiro atoms. The summed E-state index contributed by atoms with van der Waals surface area (Å²) in [6.07, 6.45) is 4.27. The van der Waals surface area contributed by atoms with Crippen LogP contribution in [0.2, 0.25) is 0 Å². The Morgan fingerprint density at radius 2 is 2.00 bits per heavy atom. The molecule has 1 aliphatic carbocycles. The van der Waals surface area contributed by atoms with Gasteiger partial charge in [-0.3, -0.25) is 4.99 Å². The monoisotopic (exact) mass is 381 g/mol. The van der Waals surface area contributed by atoms with Crippen molar-refractivity contribution in [2.45, 2.75) is 31.6 Å². The lowest BCUT2D eigenvalue weighted by Gasteiger charge is -2.24. The molecule has 0 bridgehead atoms. The van der Waals surface area contributed by atoms with Gasteiger partial charge in [0, 0.05) is 30.6 Å². The molecular weight excluding hydrogens is 354 g/mol. The zero-order valence-electron chi connectivity index (χ0n) is 16.2. The lowest BCUT2D eigenvalue weighted by Crippen LogP contribution is -2.24. The third kappa shape index (κ3) is 4.16. The fourth-order valence-electron chi connectivity index (χ4n) is 3.84. The number of nitrogens with zero attached hydrogens (tertiary/aromatic N) is 1. The second-order valence-electron chi connectivity index (χ2n) is 7.22. The second kappa shape index (κ2) is 8.42. The van der Waals surface area contributed by atoms with Crippen LogP contribution in [0.25, 0.3) is 0 Å². The van der Waals surface area contributed by atoms with Gasteiger partial charge in [0.25, 0.3) is 0 Å². The fourth-order valence-corrected chi connectivity index (χ4v) is 3.84. The first-order valence-electron chi connectivity index (χ1n) is 9.86. The summed E-state index contributed by atoms with van der Waals surface area (Å²) >= 11 is 0. The second-order valence-corrected chi connectivity index (χ2v) is 7.22. The van der Waals surface area contributed by atoms with E-state index in [1.807, 2.05) is 24.3 Å². The SMILES string of the molecule is COc1ccc2c(c1)CCCC2CN=C(N)Nc1ccc2c(c1)OCCCO2. The molecule has 1 heterocycles. The van der Waals surface area contributed by atoms with E-state index >= 15 is 0 Å². The van der Waals surface area contributed by atoms with Crippen LogP contribution >= 0.6 is 0 Å². The number of benzene rings is 2. The molecule has 6 nitrogen and oxygen atoms in total. The molecule has 3 N–H and O–H groups in total. The predicted octanol–water partition coefficient (Wildman–Crippen LogP) is 3.70. The maximum Gasteiger partial charge on any atom is 0.193 e. The zero-order chi connectivity index (χ0) is 19.3. The number of aryl methyl sites for hydroxylation is 1. The largest absolute Gasteiger partial charge is 0.497 e. The van der Waals surface area contributed by atoms with Gasteiger partial charge in [0.15, 0.2) is 17.5 Å². The molecule has 1 atom stereocenters. The van der Waals surface area contributed by atoms with Crippen molar-refractivity contribution in [2.75, 3.05) is 32.2 Å². The summed E-state index contributed by atoms with van der Waals surface area (Å²) in [6, 6.07) is 12.1. The molecule has 0 aromatic heterocycles. The number of fused-ring (bicyclic) bond motifs is 2. The van der Waals surface area contributed by atoms with Gasteiger partial charge in [0.1, 0.15) is 5.75 Å². The number of hydrogen-bond donors (Lipinski definition) is 2. The van der Waals surface area contributed by atoms with Gasteiger partial charge in [0.2, 0.25) is 0 Å². The number of ether oxygens (including phenoxy) is 3. The average Bonchev–Trinajstić information content (AvgIpc) is 2.96. The topological polar surface area (TPSA) is 78.1 Å². The number of anilines is 1. The summed E-state index contributed by atoms with van der Waals surface area (Å²) in [7, 11) is 1.71. The maximum atomic E-state index is 6.14. The van der Waals surface area contributed by atoms with E-state index in [9.17, 15) is 0 Å². The quantitative estimate of drug-likeness (QED) is 0.624. The van der Waals surface area contributed by atoms with Gasteiger partial charge in [-0.1, -0.05) is 6.07 Å². The van der Waals surface area contributed by atoms with E-state index in [4.69, 9.17) is 19.9 Å². The van der Waals surface area contributed by atoms with Gasteiger partial charge in [-0.2, -0.15) is 0 Å². The highest BCUT2D eigenvalue weighted by atomic mass is 16.5. The molecule has 2 aromatic carbocycles. The van der Waals surface area contributed by atoms with E-state index in [1.165, 1.54) is 11.1 Å². The van der Waals surface area contributed by atoms with Gasteiger partial charge in [-0.25, -0.2) is 0 Å². The van der Waals surface area contributed by atoms with Crippen molar-refractivity contribution in [1.29, 1.82) is 0 Å². The first-order valence-corrected chi connectivity index (χ1v) is 9.86. The minimum Gasteiger partial charge on any atom is -0.497 e. The van der Waals surface area contributed by atoms with Crippen LogP contribution in [0.5, 0.6) is 17.2 Å². The summed E-state index contributed by atoms with van der Waals surface area (Å²) in [5.41, 5.74) is 9.71. The number of nitrogens with one attached hydrogen (secondary N) is 1. The van der Waals surface area contributed by atoms with Crippen LogP contribution in [0.15, 0.2) is 41.4 Å². The van der Waals surface area contributed by atoms with Gasteiger partial charge in [0.05, 0.1) is 20.3 Å². The summed E-state index contributed by atoms with van der Waals surface area (Å²) in [5.74, 6) is 3.23. The van der Waals surface area contributed by atoms with E-state index in [0.29, 0.717) is 31.6 Å². The fraction of sp³-hybridized carbons (Fsp3) is 0.409. The molecule has 6 heteroatoms. The van der Waals surface area contributed by atoms with Crippen molar-refractivity contribution in [3.05, 3.63) is 47.5 Å². The number of aliphatic imine (C=N–C) groups is 1. The van der Waals surface area contributed by atoms with Gasteiger partial charge in [-0.15, -0.1) is 0 Å². The van der Waals surface area contributed by atoms with E-state index in [-0.39, 0.29) is 0 Å². The van der Waals surface area contributed by atoms with Crippen LogP contribution in [-0.2, 0) is 6.42 Å². The molecule has 1 aliphatic heterocycles. The Hall–Kier alpha value is -2.89. The number of rotatable bonds is 4. The van der Waals surface area contributed by atoms with E-state index in [2.05, 4.69) is 22.4 Å². The number of guanidine groups is 1. The molecule has 0 fully saturated rings. The van der Waals surface area contributed by atoms with Crippen LogP contribution in [0.3, 0.4) is 0 Å². The van der Waals surface area contributed by atoms with Gasteiger partial charge < -0.3 is 25.3 Å². The van der Waals surface area contributed by atoms with Crippen molar-refractivity contribution in [1.82, 2.24) is 0 Å². The van der Waals surface area contributed by atoms with Crippen LogP contribution in [-0.4, -0.2) is 32.8 Å². The van der Waals surface area contributed by atoms with Crippen molar-refractivity contribution >= 4 is 11.6 Å². The Kier molecular flexibility index (Phi) is 5.55. The predicted molar refractivity (Wildman–Crippen MR) is 111 cm³/mol. The third-order valence-electron chi connectivity index (χ3n) is 5.29.